The minimum absolute atomic E-state index is 0.0500. The molecule has 43 heavy (non-hydrogen) atoms. The van der Waals surface area contributed by atoms with Crippen LogP contribution in [-0.2, 0) is 19.1 Å². The highest BCUT2D eigenvalue weighted by Gasteiger charge is 2.78. The highest BCUT2D eigenvalue weighted by Crippen LogP contribution is 2.72. The Hall–Kier alpha value is -3.88. The minimum Gasteiger partial charge on any atom is -0.461 e. The van der Waals surface area contributed by atoms with Gasteiger partial charge in [-0.05, 0) is 48.2 Å². The van der Waals surface area contributed by atoms with Crippen molar-refractivity contribution in [3.63, 3.8) is 0 Å². The van der Waals surface area contributed by atoms with E-state index in [9.17, 15) is 14.7 Å². The Kier molecular flexibility index (Phi) is 7.69. The molecular weight excluding hydrogens is 560 g/mol. The first-order valence-corrected chi connectivity index (χ1v) is 15.5. The second-order valence-corrected chi connectivity index (χ2v) is 13.7. The fourth-order valence-electron chi connectivity index (χ4n) is 7.54. The standard InChI is InChI=1S/C35H36N2O5S/c1-4-19-36(26-16-15-23-11-9-10-14-25(23)21-26)32(40)30-35-18-17-34(3,43-35)29(33(41)42-20-5-2)28(35)31(39)37(30)27(22-38)24-12-7-6-8-13-24/h4-16,21,27-30,38H,1-2,17-20,22H2,3H3/t27-,28+,29-,30?,34+,35?/m1/s1. The number of ether oxygens (including phenoxy) is 1. The molecule has 3 heterocycles. The number of hydrogen-bond acceptors (Lipinski definition) is 6. The first-order valence-electron chi connectivity index (χ1n) is 14.7. The van der Waals surface area contributed by atoms with Crippen LogP contribution < -0.4 is 4.90 Å². The molecule has 3 fully saturated rings. The van der Waals surface area contributed by atoms with E-state index in [1.54, 1.807) is 27.6 Å². The van der Waals surface area contributed by atoms with Gasteiger partial charge in [-0.25, -0.2) is 0 Å². The first kappa shape index (κ1) is 29.2. The van der Waals surface area contributed by atoms with Gasteiger partial charge in [0.15, 0.2) is 0 Å². The van der Waals surface area contributed by atoms with Crippen LogP contribution in [0.5, 0.6) is 0 Å². The number of benzene rings is 3. The predicted molar refractivity (Wildman–Crippen MR) is 169 cm³/mol. The van der Waals surface area contributed by atoms with E-state index < -0.39 is 39.4 Å². The molecule has 6 rings (SSSR count). The molecule has 6 atom stereocenters. The Morgan fingerprint density at radius 2 is 1.79 bits per heavy atom. The van der Waals surface area contributed by atoms with Crippen molar-refractivity contribution in [2.24, 2.45) is 11.8 Å². The third kappa shape index (κ3) is 4.59. The van der Waals surface area contributed by atoms with Gasteiger partial charge in [0.1, 0.15) is 12.6 Å². The van der Waals surface area contributed by atoms with E-state index in [0.29, 0.717) is 18.5 Å². The van der Waals surface area contributed by atoms with E-state index >= 15 is 4.79 Å². The van der Waals surface area contributed by atoms with Crippen LogP contribution in [0.3, 0.4) is 0 Å². The maximum absolute atomic E-state index is 15.0. The molecule has 1 N–H and O–H groups in total. The van der Waals surface area contributed by atoms with Crippen molar-refractivity contribution >= 4 is 46.0 Å². The number of thioether (sulfide) groups is 1. The molecule has 2 bridgehead atoms. The number of rotatable bonds is 10. The first-order chi connectivity index (χ1) is 20.8. The predicted octanol–water partition coefficient (Wildman–Crippen LogP) is 5.30. The number of carbonyl (C=O) groups excluding carboxylic acids is 3. The Balaban J connectivity index is 1.49. The summed E-state index contributed by atoms with van der Waals surface area (Å²) in [5, 5.41) is 12.8. The fourth-order valence-corrected chi connectivity index (χ4v) is 9.87. The van der Waals surface area contributed by atoms with Crippen LogP contribution in [0.15, 0.2) is 98.1 Å². The lowest BCUT2D eigenvalue weighted by atomic mass is 9.66. The number of likely N-dealkylation sites (tertiary alicyclic amines) is 1. The van der Waals surface area contributed by atoms with Crippen molar-refractivity contribution in [1.82, 2.24) is 4.90 Å². The number of aliphatic hydroxyl groups excluding tert-OH is 1. The van der Waals surface area contributed by atoms with Gasteiger partial charge in [0.2, 0.25) is 5.91 Å². The molecule has 222 valence electrons. The monoisotopic (exact) mass is 596 g/mol. The van der Waals surface area contributed by atoms with E-state index in [1.165, 1.54) is 6.08 Å². The molecule has 8 heteroatoms. The maximum atomic E-state index is 15.0. The summed E-state index contributed by atoms with van der Waals surface area (Å²) >= 11 is 1.58. The zero-order valence-corrected chi connectivity index (χ0v) is 25.0. The molecule has 3 saturated heterocycles. The van der Waals surface area contributed by atoms with Gasteiger partial charge in [-0.1, -0.05) is 79.4 Å². The van der Waals surface area contributed by atoms with E-state index in [0.717, 1.165) is 16.3 Å². The van der Waals surface area contributed by atoms with Crippen molar-refractivity contribution in [3.8, 4) is 0 Å². The summed E-state index contributed by atoms with van der Waals surface area (Å²) in [6, 6.07) is 21.4. The number of hydrogen-bond donors (Lipinski definition) is 1. The van der Waals surface area contributed by atoms with Crippen molar-refractivity contribution in [2.75, 3.05) is 24.7 Å². The quantitative estimate of drug-likeness (QED) is 0.253. The normalized spacial score (nSPS) is 28.0. The summed E-state index contributed by atoms with van der Waals surface area (Å²) in [6.07, 6.45) is 4.45. The minimum atomic E-state index is -0.919. The van der Waals surface area contributed by atoms with E-state index in [-0.39, 0.29) is 31.6 Å². The summed E-state index contributed by atoms with van der Waals surface area (Å²) in [7, 11) is 0. The van der Waals surface area contributed by atoms with Gasteiger partial charge in [-0.15, -0.1) is 18.3 Å². The topological polar surface area (TPSA) is 87.1 Å². The molecule has 3 aliphatic heterocycles. The molecule has 0 aliphatic carbocycles. The van der Waals surface area contributed by atoms with Crippen molar-refractivity contribution in [3.05, 3.63) is 104 Å². The second-order valence-electron chi connectivity index (χ2n) is 11.8. The van der Waals surface area contributed by atoms with Crippen molar-refractivity contribution in [2.45, 2.75) is 41.3 Å². The number of amides is 2. The lowest BCUT2D eigenvalue weighted by Crippen LogP contribution is -2.56. The number of nitrogens with zero attached hydrogens (tertiary/aromatic N) is 2. The molecule has 3 aromatic rings. The number of carbonyl (C=O) groups is 3. The second kappa shape index (κ2) is 11.3. The molecule has 0 aromatic heterocycles. The zero-order valence-electron chi connectivity index (χ0n) is 24.2. The molecule has 7 nitrogen and oxygen atoms in total. The van der Waals surface area contributed by atoms with Crippen molar-refractivity contribution < 1.29 is 24.2 Å². The smallest absolute Gasteiger partial charge is 0.311 e. The van der Waals surface area contributed by atoms with Crippen LogP contribution in [0.1, 0.15) is 31.4 Å². The number of anilines is 1. The van der Waals surface area contributed by atoms with Crippen LogP contribution in [0.2, 0.25) is 0 Å². The summed E-state index contributed by atoms with van der Waals surface area (Å²) in [6.45, 7) is 9.51. The third-order valence-corrected chi connectivity index (χ3v) is 11.3. The molecule has 3 aliphatic rings. The van der Waals surface area contributed by atoms with Crippen LogP contribution >= 0.6 is 11.8 Å². The van der Waals surface area contributed by atoms with E-state index in [1.807, 2.05) is 79.7 Å². The van der Waals surface area contributed by atoms with Gasteiger partial charge < -0.3 is 19.6 Å². The highest BCUT2D eigenvalue weighted by atomic mass is 32.2. The Bertz CT molecular complexity index is 1590. The van der Waals surface area contributed by atoms with E-state index in [2.05, 4.69) is 13.2 Å². The van der Waals surface area contributed by atoms with Crippen LogP contribution in [0.25, 0.3) is 10.8 Å². The van der Waals surface area contributed by atoms with Gasteiger partial charge >= 0.3 is 5.97 Å². The lowest BCUT2D eigenvalue weighted by Gasteiger charge is -2.39. The summed E-state index contributed by atoms with van der Waals surface area (Å²) in [5.41, 5.74) is 1.42. The zero-order chi connectivity index (χ0) is 30.4. The van der Waals surface area contributed by atoms with Crippen LogP contribution in [-0.4, -0.2) is 63.1 Å². The molecule has 1 spiro atoms. The van der Waals surface area contributed by atoms with Gasteiger partial charge in [-0.3, -0.25) is 14.4 Å². The fraction of sp³-hybridized carbons (Fsp3) is 0.343. The average Bonchev–Trinajstić information content (AvgIpc) is 3.60. The molecule has 0 saturated carbocycles. The van der Waals surface area contributed by atoms with Gasteiger partial charge in [-0.2, -0.15) is 0 Å². The molecule has 3 aromatic carbocycles. The molecule has 2 unspecified atom stereocenters. The largest absolute Gasteiger partial charge is 0.461 e. The summed E-state index contributed by atoms with van der Waals surface area (Å²) in [4.78, 5) is 46.5. The number of esters is 1. The Morgan fingerprint density at radius 1 is 1.07 bits per heavy atom. The maximum Gasteiger partial charge on any atom is 0.311 e. The molecule has 2 amide bonds. The SMILES string of the molecule is C=CCOC(=O)[C@H]1[C@H]2C(=O)N([C@H](CO)c3ccccc3)C(C(=O)N(CC=C)c3ccc4ccccc4c3)C23CC[C@]1(C)S3. The summed E-state index contributed by atoms with van der Waals surface area (Å²) < 4.78 is 4.13. The number of fused-ring (bicyclic) bond motifs is 2. The summed E-state index contributed by atoms with van der Waals surface area (Å²) in [5.74, 6) is -2.47. The van der Waals surface area contributed by atoms with Gasteiger partial charge in [0, 0.05) is 17.0 Å². The Morgan fingerprint density at radius 3 is 2.49 bits per heavy atom. The lowest BCUT2D eigenvalue weighted by molar-refractivity contribution is -0.155. The van der Waals surface area contributed by atoms with Gasteiger partial charge in [0.25, 0.3) is 5.91 Å². The van der Waals surface area contributed by atoms with Crippen LogP contribution in [0.4, 0.5) is 5.69 Å². The molecule has 0 radical (unpaired) electrons. The third-order valence-electron chi connectivity index (χ3n) is 9.36. The van der Waals surface area contributed by atoms with Crippen LogP contribution in [0, 0.1) is 11.8 Å². The highest BCUT2D eigenvalue weighted by molar-refractivity contribution is 8.02. The molecular formula is C35H36N2O5S. The van der Waals surface area contributed by atoms with Crippen molar-refractivity contribution in [1.29, 1.82) is 0 Å². The number of aliphatic hydroxyl groups is 1. The van der Waals surface area contributed by atoms with E-state index in [4.69, 9.17) is 4.74 Å². The van der Waals surface area contributed by atoms with Gasteiger partial charge in [0.05, 0.1) is 29.2 Å². The average molecular weight is 597 g/mol. The Labute approximate surface area is 256 Å².